The molecule has 1 heterocycles. The van der Waals surface area contributed by atoms with Crippen LogP contribution in [0.4, 0.5) is 0 Å². The van der Waals surface area contributed by atoms with Crippen molar-refractivity contribution < 1.29 is 8.95 Å². The second-order valence-corrected chi connectivity index (χ2v) is 6.42. The Hall–Kier alpha value is -0.710. The van der Waals surface area contributed by atoms with E-state index in [1.165, 1.54) is 5.56 Å². The lowest BCUT2D eigenvalue weighted by Gasteiger charge is -2.15. The average Bonchev–Trinajstić information content (AvgIpc) is 2.82. The lowest BCUT2D eigenvalue weighted by Crippen LogP contribution is -2.24. The highest BCUT2D eigenvalue weighted by molar-refractivity contribution is 7.85. The molecule has 18 heavy (non-hydrogen) atoms. The fraction of sp³-hybridized carbons (Fsp3) is 0.571. The molecule has 1 saturated heterocycles. The highest BCUT2D eigenvalue weighted by Crippen LogP contribution is 2.18. The molecule has 4 heteroatoms. The third-order valence-corrected chi connectivity index (χ3v) is 4.82. The van der Waals surface area contributed by atoms with E-state index in [-0.39, 0.29) is 12.1 Å². The number of rotatable bonds is 5. The monoisotopic (exact) mass is 267 g/mol. The Morgan fingerprint density at radius 1 is 1.50 bits per heavy atom. The summed E-state index contributed by atoms with van der Waals surface area (Å²) in [5, 5.41) is 0. The molecule has 3 atom stereocenters. The molecular weight excluding hydrogens is 246 g/mol. The first-order valence-corrected chi connectivity index (χ1v) is 7.93. The van der Waals surface area contributed by atoms with Gasteiger partial charge < -0.3 is 10.5 Å². The van der Waals surface area contributed by atoms with E-state index < -0.39 is 10.8 Å². The van der Waals surface area contributed by atoms with Crippen LogP contribution in [0.1, 0.15) is 30.0 Å². The zero-order valence-corrected chi connectivity index (χ0v) is 11.6. The van der Waals surface area contributed by atoms with Crippen LogP contribution < -0.4 is 5.73 Å². The summed E-state index contributed by atoms with van der Waals surface area (Å²) in [6, 6.07) is 7.88. The van der Waals surface area contributed by atoms with Crippen molar-refractivity contribution in [1.82, 2.24) is 0 Å². The quantitative estimate of drug-likeness (QED) is 0.887. The van der Waals surface area contributed by atoms with Crippen LogP contribution in [0, 0.1) is 6.92 Å². The predicted molar refractivity (Wildman–Crippen MR) is 75.0 cm³/mol. The maximum Gasteiger partial charge on any atom is 0.0691 e. The Labute approximate surface area is 111 Å². The van der Waals surface area contributed by atoms with Crippen LogP contribution in [0.15, 0.2) is 24.3 Å². The molecule has 0 saturated carbocycles. The van der Waals surface area contributed by atoms with Gasteiger partial charge in [0, 0.05) is 35.0 Å². The van der Waals surface area contributed by atoms with E-state index >= 15 is 0 Å². The van der Waals surface area contributed by atoms with E-state index in [1.807, 2.05) is 31.2 Å². The predicted octanol–water partition coefficient (Wildman–Crippen LogP) is 1.92. The van der Waals surface area contributed by atoms with Gasteiger partial charge in [-0.25, -0.2) is 0 Å². The van der Waals surface area contributed by atoms with Crippen molar-refractivity contribution in [2.75, 3.05) is 18.1 Å². The first kappa shape index (κ1) is 13.7. The minimum absolute atomic E-state index is 0.145. The molecule has 2 rings (SSSR count). The van der Waals surface area contributed by atoms with Crippen LogP contribution in [0.5, 0.6) is 0 Å². The molecule has 0 bridgehead atoms. The summed E-state index contributed by atoms with van der Waals surface area (Å²) >= 11 is 0. The Balaban J connectivity index is 1.88. The third-order valence-electron chi connectivity index (χ3n) is 3.35. The molecule has 0 spiro atoms. The molecule has 0 radical (unpaired) electrons. The Morgan fingerprint density at radius 2 is 2.28 bits per heavy atom. The first-order valence-electron chi connectivity index (χ1n) is 6.44. The van der Waals surface area contributed by atoms with E-state index in [0.717, 1.165) is 25.0 Å². The van der Waals surface area contributed by atoms with Crippen LogP contribution >= 0.6 is 0 Å². The molecule has 3 unspecified atom stereocenters. The van der Waals surface area contributed by atoms with Crippen molar-refractivity contribution in [3.63, 3.8) is 0 Å². The molecule has 1 fully saturated rings. The van der Waals surface area contributed by atoms with Gasteiger partial charge in [-0.2, -0.15) is 0 Å². The lowest BCUT2D eigenvalue weighted by atomic mass is 10.0. The van der Waals surface area contributed by atoms with Crippen molar-refractivity contribution in [3.8, 4) is 0 Å². The average molecular weight is 267 g/mol. The summed E-state index contributed by atoms with van der Waals surface area (Å²) in [4.78, 5) is 0. The zero-order valence-electron chi connectivity index (χ0n) is 10.8. The van der Waals surface area contributed by atoms with E-state index in [2.05, 4.69) is 0 Å². The largest absolute Gasteiger partial charge is 0.377 e. The standard InChI is InChI=1S/C14H21NO2S/c1-11-5-2-3-7-13(11)14(15)10-18(16)9-12-6-4-8-17-12/h2-3,5,7,12,14H,4,6,8-10,15H2,1H3. The van der Waals surface area contributed by atoms with Crippen molar-refractivity contribution in [2.45, 2.75) is 31.9 Å². The van der Waals surface area contributed by atoms with E-state index in [1.54, 1.807) is 0 Å². The molecule has 1 aliphatic rings. The van der Waals surface area contributed by atoms with Gasteiger partial charge in [-0.05, 0) is 30.9 Å². The number of hydrogen-bond donors (Lipinski definition) is 1. The summed E-state index contributed by atoms with van der Waals surface area (Å²) < 4.78 is 17.5. The molecule has 0 amide bonds. The number of aryl methyl sites for hydroxylation is 1. The summed E-state index contributed by atoms with van der Waals surface area (Å²) in [5.74, 6) is 1.14. The van der Waals surface area contributed by atoms with Gasteiger partial charge in [-0.3, -0.25) is 4.21 Å². The van der Waals surface area contributed by atoms with Crippen LogP contribution in [0.2, 0.25) is 0 Å². The molecular formula is C14H21NO2S. The highest BCUT2D eigenvalue weighted by atomic mass is 32.2. The van der Waals surface area contributed by atoms with E-state index in [9.17, 15) is 4.21 Å². The summed E-state index contributed by atoms with van der Waals surface area (Å²) in [6.07, 6.45) is 2.30. The fourth-order valence-electron chi connectivity index (χ4n) is 2.34. The smallest absolute Gasteiger partial charge is 0.0691 e. The van der Waals surface area contributed by atoms with Gasteiger partial charge in [-0.1, -0.05) is 24.3 Å². The number of benzene rings is 1. The third kappa shape index (κ3) is 3.64. The number of ether oxygens (including phenoxy) is 1. The van der Waals surface area contributed by atoms with Gasteiger partial charge in [0.25, 0.3) is 0 Å². The highest BCUT2D eigenvalue weighted by Gasteiger charge is 2.20. The van der Waals surface area contributed by atoms with E-state index in [0.29, 0.717) is 11.5 Å². The van der Waals surface area contributed by atoms with Gasteiger partial charge in [0.05, 0.1) is 6.10 Å². The summed E-state index contributed by atoms with van der Waals surface area (Å²) in [7, 11) is -0.899. The topological polar surface area (TPSA) is 52.3 Å². The number of nitrogens with two attached hydrogens (primary N) is 1. The molecule has 1 aromatic carbocycles. The second-order valence-electron chi connectivity index (χ2n) is 4.87. The van der Waals surface area contributed by atoms with Crippen molar-refractivity contribution in [3.05, 3.63) is 35.4 Å². The molecule has 1 aliphatic heterocycles. The maximum atomic E-state index is 12.0. The molecule has 2 N–H and O–H groups in total. The van der Waals surface area contributed by atoms with Gasteiger partial charge in [-0.15, -0.1) is 0 Å². The van der Waals surface area contributed by atoms with Gasteiger partial charge in [0.1, 0.15) is 0 Å². The van der Waals surface area contributed by atoms with Crippen LogP contribution in [0.3, 0.4) is 0 Å². The van der Waals surface area contributed by atoms with Crippen LogP contribution in [-0.4, -0.2) is 28.4 Å². The first-order chi connectivity index (χ1) is 8.66. The van der Waals surface area contributed by atoms with Gasteiger partial charge in [0.2, 0.25) is 0 Å². The summed E-state index contributed by atoms with van der Waals surface area (Å²) in [6.45, 7) is 2.85. The van der Waals surface area contributed by atoms with Crippen molar-refractivity contribution in [2.24, 2.45) is 5.73 Å². The van der Waals surface area contributed by atoms with Crippen molar-refractivity contribution in [1.29, 1.82) is 0 Å². The minimum atomic E-state index is -0.899. The molecule has 0 aliphatic carbocycles. The van der Waals surface area contributed by atoms with Gasteiger partial charge in [0.15, 0.2) is 0 Å². The lowest BCUT2D eigenvalue weighted by molar-refractivity contribution is 0.128. The zero-order chi connectivity index (χ0) is 13.0. The van der Waals surface area contributed by atoms with E-state index in [4.69, 9.17) is 10.5 Å². The number of hydrogen-bond acceptors (Lipinski definition) is 3. The molecule has 0 aromatic heterocycles. The maximum absolute atomic E-state index is 12.0. The molecule has 100 valence electrons. The molecule has 3 nitrogen and oxygen atoms in total. The molecule has 1 aromatic rings. The second kappa shape index (κ2) is 6.45. The Morgan fingerprint density at radius 3 is 2.94 bits per heavy atom. The van der Waals surface area contributed by atoms with Gasteiger partial charge >= 0.3 is 0 Å². The SMILES string of the molecule is Cc1ccccc1C(N)CS(=O)CC1CCCO1. The van der Waals surface area contributed by atoms with Crippen molar-refractivity contribution >= 4 is 10.8 Å². The summed E-state index contributed by atoms with van der Waals surface area (Å²) in [5.41, 5.74) is 8.40. The fourth-order valence-corrected chi connectivity index (χ4v) is 3.74. The Bertz CT molecular complexity index is 416. The minimum Gasteiger partial charge on any atom is -0.377 e. The normalized spacial score (nSPS) is 22.9. The Kier molecular flexibility index (Phi) is 4.92. The van der Waals surface area contributed by atoms with Crippen LogP contribution in [-0.2, 0) is 15.5 Å². The van der Waals surface area contributed by atoms with Crippen LogP contribution in [0.25, 0.3) is 0 Å².